The van der Waals surface area contributed by atoms with Crippen molar-refractivity contribution in [1.29, 1.82) is 0 Å². The first kappa shape index (κ1) is 15.1. The number of hydrogen-bond donors (Lipinski definition) is 1. The number of methoxy groups -OCH3 is 1. The second kappa shape index (κ2) is 5.61. The van der Waals surface area contributed by atoms with Crippen molar-refractivity contribution in [1.82, 2.24) is 10.2 Å². The molecule has 20 heavy (non-hydrogen) atoms. The van der Waals surface area contributed by atoms with Crippen LogP contribution in [0, 0.1) is 0 Å². The first-order valence-electron chi connectivity index (χ1n) is 6.47. The number of ether oxygens (including phenoxy) is 1. The summed E-state index contributed by atoms with van der Waals surface area (Å²) < 4.78 is 42.9. The number of alkyl halides is 3. The molecule has 1 aliphatic carbocycles. The van der Waals surface area contributed by atoms with E-state index in [0.29, 0.717) is 6.42 Å². The van der Waals surface area contributed by atoms with Crippen LogP contribution in [0.4, 0.5) is 13.2 Å². The average molecular weight is 288 g/mol. The van der Waals surface area contributed by atoms with Crippen LogP contribution in [0.1, 0.15) is 17.2 Å². The Morgan fingerprint density at radius 3 is 2.65 bits per heavy atom. The van der Waals surface area contributed by atoms with E-state index in [4.69, 9.17) is 4.74 Å². The lowest BCUT2D eigenvalue weighted by Crippen LogP contribution is -2.44. The van der Waals surface area contributed by atoms with Crippen LogP contribution in [-0.2, 0) is 6.42 Å². The van der Waals surface area contributed by atoms with E-state index in [1.165, 1.54) is 11.9 Å². The summed E-state index contributed by atoms with van der Waals surface area (Å²) in [7, 11) is 4.87. The van der Waals surface area contributed by atoms with Crippen LogP contribution in [0.5, 0.6) is 5.75 Å². The van der Waals surface area contributed by atoms with Crippen LogP contribution in [0.3, 0.4) is 0 Å². The predicted molar refractivity (Wildman–Crippen MR) is 71.0 cm³/mol. The van der Waals surface area contributed by atoms with Gasteiger partial charge in [-0.1, -0.05) is 6.07 Å². The van der Waals surface area contributed by atoms with E-state index in [1.807, 2.05) is 18.2 Å². The van der Waals surface area contributed by atoms with E-state index in [9.17, 15) is 13.2 Å². The fourth-order valence-electron chi connectivity index (χ4n) is 2.88. The summed E-state index contributed by atoms with van der Waals surface area (Å²) in [6.45, 7) is -0.902. The summed E-state index contributed by atoms with van der Waals surface area (Å²) in [4.78, 5) is 1.37. The van der Waals surface area contributed by atoms with Gasteiger partial charge in [-0.05, 0) is 43.8 Å². The van der Waals surface area contributed by atoms with E-state index >= 15 is 0 Å². The Morgan fingerprint density at radius 1 is 1.40 bits per heavy atom. The van der Waals surface area contributed by atoms with Crippen molar-refractivity contribution in [2.75, 3.05) is 27.7 Å². The maximum Gasteiger partial charge on any atom is 0.401 e. The molecule has 0 bridgehead atoms. The van der Waals surface area contributed by atoms with Gasteiger partial charge in [0.2, 0.25) is 0 Å². The minimum Gasteiger partial charge on any atom is -0.497 e. The molecule has 3 nitrogen and oxygen atoms in total. The summed E-state index contributed by atoms with van der Waals surface area (Å²) in [5, 5.41) is 3.12. The van der Waals surface area contributed by atoms with Gasteiger partial charge in [0.25, 0.3) is 0 Å². The smallest absolute Gasteiger partial charge is 0.401 e. The zero-order chi connectivity index (χ0) is 14.9. The summed E-state index contributed by atoms with van der Waals surface area (Å²) in [5.74, 6) is 0.725. The fourth-order valence-corrected chi connectivity index (χ4v) is 2.88. The highest BCUT2D eigenvalue weighted by atomic mass is 19.4. The number of hydrogen-bond acceptors (Lipinski definition) is 3. The molecule has 0 amide bonds. The van der Waals surface area contributed by atoms with Gasteiger partial charge in [0.05, 0.1) is 13.7 Å². The van der Waals surface area contributed by atoms with Crippen molar-refractivity contribution in [2.45, 2.75) is 24.7 Å². The summed E-state index contributed by atoms with van der Waals surface area (Å²) in [6, 6.07) is 5.35. The van der Waals surface area contributed by atoms with E-state index in [-0.39, 0.29) is 12.1 Å². The third-order valence-corrected chi connectivity index (χ3v) is 3.81. The fraction of sp³-hybridized carbons (Fsp3) is 0.571. The molecule has 2 rings (SSSR count). The molecule has 0 saturated carbocycles. The van der Waals surface area contributed by atoms with Gasteiger partial charge in [-0.25, -0.2) is 0 Å². The highest BCUT2D eigenvalue weighted by Crippen LogP contribution is 2.36. The molecule has 112 valence electrons. The molecule has 1 aromatic carbocycles. The zero-order valence-electron chi connectivity index (χ0n) is 11.8. The van der Waals surface area contributed by atoms with Crippen molar-refractivity contribution in [3.8, 4) is 5.75 Å². The lowest BCUT2D eigenvalue weighted by Gasteiger charge is -2.30. The normalized spacial score (nSPS) is 22.1. The molecule has 0 heterocycles. The molecule has 0 aromatic heterocycles. The molecule has 2 atom stereocenters. The predicted octanol–water partition coefficient (Wildman–Crippen LogP) is 2.37. The first-order chi connectivity index (χ1) is 9.35. The van der Waals surface area contributed by atoms with Crippen molar-refractivity contribution < 1.29 is 17.9 Å². The molecule has 0 spiro atoms. The van der Waals surface area contributed by atoms with Crippen LogP contribution < -0.4 is 10.1 Å². The van der Waals surface area contributed by atoms with Gasteiger partial charge in [-0.2, -0.15) is 13.2 Å². The molecule has 2 unspecified atom stereocenters. The largest absolute Gasteiger partial charge is 0.497 e. The molecule has 0 saturated heterocycles. The van der Waals surface area contributed by atoms with Crippen LogP contribution in [-0.4, -0.2) is 44.9 Å². The van der Waals surface area contributed by atoms with Crippen molar-refractivity contribution in [3.05, 3.63) is 29.3 Å². The van der Waals surface area contributed by atoms with Gasteiger partial charge in [0.1, 0.15) is 5.75 Å². The van der Waals surface area contributed by atoms with E-state index in [0.717, 1.165) is 16.9 Å². The van der Waals surface area contributed by atoms with Gasteiger partial charge < -0.3 is 10.1 Å². The number of likely N-dealkylation sites (N-methyl/N-ethyl adjacent to an activating group) is 2. The van der Waals surface area contributed by atoms with Crippen LogP contribution >= 0.6 is 0 Å². The van der Waals surface area contributed by atoms with Gasteiger partial charge in [-0.3, -0.25) is 4.90 Å². The number of nitrogens with one attached hydrogen (secondary N) is 1. The number of nitrogens with zero attached hydrogens (tertiary/aromatic N) is 1. The molecule has 0 aliphatic heterocycles. The third-order valence-electron chi connectivity index (χ3n) is 3.81. The quantitative estimate of drug-likeness (QED) is 0.920. The lowest BCUT2D eigenvalue weighted by atomic mass is 10.1. The van der Waals surface area contributed by atoms with Gasteiger partial charge in [0, 0.05) is 12.1 Å². The monoisotopic (exact) mass is 288 g/mol. The lowest BCUT2D eigenvalue weighted by molar-refractivity contribution is -0.148. The maximum absolute atomic E-state index is 12.6. The molecule has 0 radical (unpaired) electrons. The molecule has 1 aromatic rings. The Hall–Kier alpha value is -1.27. The van der Waals surface area contributed by atoms with E-state index < -0.39 is 12.7 Å². The van der Waals surface area contributed by atoms with Gasteiger partial charge >= 0.3 is 6.18 Å². The SMILES string of the molecule is CNC1c2cc(OC)ccc2CC1N(C)CC(F)(F)F. The zero-order valence-corrected chi connectivity index (χ0v) is 11.8. The number of rotatable bonds is 4. The average Bonchev–Trinajstić information content (AvgIpc) is 2.74. The minimum atomic E-state index is -4.18. The summed E-state index contributed by atoms with van der Waals surface area (Å²) in [5.41, 5.74) is 2.09. The molecule has 0 fully saturated rings. The van der Waals surface area contributed by atoms with Crippen LogP contribution in [0.2, 0.25) is 0 Å². The first-order valence-corrected chi connectivity index (χ1v) is 6.47. The Morgan fingerprint density at radius 2 is 2.10 bits per heavy atom. The topological polar surface area (TPSA) is 24.5 Å². The van der Waals surface area contributed by atoms with E-state index in [1.54, 1.807) is 14.2 Å². The molecular weight excluding hydrogens is 269 g/mol. The summed E-state index contributed by atoms with van der Waals surface area (Å²) in [6.07, 6.45) is -3.57. The van der Waals surface area contributed by atoms with Crippen molar-refractivity contribution >= 4 is 0 Å². The van der Waals surface area contributed by atoms with Crippen LogP contribution in [0.15, 0.2) is 18.2 Å². The Kier molecular flexibility index (Phi) is 4.25. The maximum atomic E-state index is 12.6. The van der Waals surface area contributed by atoms with Gasteiger partial charge in [0.15, 0.2) is 0 Å². The highest BCUT2D eigenvalue weighted by Gasteiger charge is 2.39. The van der Waals surface area contributed by atoms with E-state index in [2.05, 4.69) is 5.32 Å². The molecule has 6 heteroatoms. The van der Waals surface area contributed by atoms with Crippen LogP contribution in [0.25, 0.3) is 0 Å². The standard InChI is InChI=1S/C14H19F3N2O/c1-18-13-11-7-10(20-3)5-4-9(11)6-12(13)19(2)8-14(15,16)17/h4-5,7,12-13,18H,6,8H2,1-3H3. The van der Waals surface area contributed by atoms with Crippen molar-refractivity contribution in [3.63, 3.8) is 0 Å². The Labute approximate surface area is 116 Å². The van der Waals surface area contributed by atoms with Gasteiger partial charge in [-0.15, -0.1) is 0 Å². The molecular formula is C14H19F3N2O. The number of benzene rings is 1. The number of fused-ring (bicyclic) bond motifs is 1. The third kappa shape index (κ3) is 3.07. The summed E-state index contributed by atoms with van der Waals surface area (Å²) >= 11 is 0. The molecule has 1 aliphatic rings. The van der Waals surface area contributed by atoms with Crippen molar-refractivity contribution in [2.24, 2.45) is 0 Å². The Bertz CT molecular complexity index is 476. The second-order valence-electron chi connectivity index (χ2n) is 5.13. The second-order valence-corrected chi connectivity index (χ2v) is 5.13. The highest BCUT2D eigenvalue weighted by molar-refractivity contribution is 5.42. The minimum absolute atomic E-state index is 0.118. The molecule has 1 N–H and O–H groups in total. The number of halogens is 3. The Balaban J connectivity index is 2.22.